The van der Waals surface area contributed by atoms with Gasteiger partial charge in [-0.05, 0) is 40.8 Å². The molecule has 3 nitrogen and oxygen atoms in total. The average Bonchev–Trinajstić information content (AvgIpc) is 3.01. The molecular formula is C18H16ClNO2. The number of aromatic amines is 1. The van der Waals surface area contributed by atoms with E-state index in [1.807, 2.05) is 36.5 Å². The Morgan fingerprint density at radius 3 is 2.59 bits per heavy atom. The molecule has 3 rings (SSSR count). The highest BCUT2D eigenvalue weighted by atomic mass is 35.5. The summed E-state index contributed by atoms with van der Waals surface area (Å²) in [6.07, 6.45) is 2.20. The Morgan fingerprint density at radius 2 is 1.86 bits per heavy atom. The number of nitrogens with one attached hydrogen (secondary N) is 1. The zero-order valence-corrected chi connectivity index (χ0v) is 12.9. The first-order valence-electron chi connectivity index (χ1n) is 7.06. The van der Waals surface area contributed by atoms with Gasteiger partial charge in [0.25, 0.3) is 0 Å². The molecule has 1 aromatic heterocycles. The van der Waals surface area contributed by atoms with E-state index in [2.05, 4.69) is 23.2 Å². The van der Waals surface area contributed by atoms with Crippen molar-refractivity contribution in [3.63, 3.8) is 0 Å². The van der Waals surface area contributed by atoms with Crippen molar-refractivity contribution in [1.29, 1.82) is 0 Å². The minimum absolute atomic E-state index is 0.0579. The number of hydrogen-bond donors (Lipinski definition) is 1. The second-order valence-electron chi connectivity index (χ2n) is 5.21. The molecule has 0 fully saturated rings. The van der Waals surface area contributed by atoms with E-state index >= 15 is 0 Å². The van der Waals surface area contributed by atoms with E-state index in [0.29, 0.717) is 11.4 Å². The van der Waals surface area contributed by atoms with Crippen molar-refractivity contribution in [2.24, 2.45) is 0 Å². The Balaban J connectivity index is 2.03. The van der Waals surface area contributed by atoms with Crippen LogP contribution < -0.4 is 0 Å². The van der Waals surface area contributed by atoms with E-state index in [-0.39, 0.29) is 11.9 Å². The van der Waals surface area contributed by atoms with Crippen LogP contribution in [0.4, 0.5) is 0 Å². The number of ether oxygens (including phenoxy) is 1. The Kier molecular flexibility index (Phi) is 4.16. The molecule has 0 aliphatic heterocycles. The van der Waals surface area contributed by atoms with Crippen LogP contribution in [0.5, 0.6) is 0 Å². The van der Waals surface area contributed by atoms with Crippen LogP contribution in [-0.4, -0.2) is 18.1 Å². The van der Waals surface area contributed by atoms with Crippen LogP contribution in [0.1, 0.15) is 23.5 Å². The summed E-state index contributed by atoms with van der Waals surface area (Å²) in [6, 6.07) is 15.8. The van der Waals surface area contributed by atoms with Gasteiger partial charge in [-0.1, -0.05) is 35.9 Å². The Hall–Kier alpha value is -2.26. The predicted molar refractivity (Wildman–Crippen MR) is 88.2 cm³/mol. The highest BCUT2D eigenvalue weighted by Crippen LogP contribution is 2.31. The number of rotatable bonds is 4. The molecule has 0 radical (unpaired) electrons. The van der Waals surface area contributed by atoms with Crippen molar-refractivity contribution in [3.05, 3.63) is 70.9 Å². The van der Waals surface area contributed by atoms with Crippen molar-refractivity contribution < 1.29 is 9.53 Å². The average molecular weight is 314 g/mol. The summed E-state index contributed by atoms with van der Waals surface area (Å²) in [7, 11) is 1.41. The summed E-state index contributed by atoms with van der Waals surface area (Å²) >= 11 is 5.96. The molecule has 22 heavy (non-hydrogen) atoms. The topological polar surface area (TPSA) is 42.1 Å². The standard InChI is InChI=1S/C18H16ClNO2/c1-22-18(21)11-16(12-4-6-15(19)7-5-12)14-3-2-13-8-9-20-17(13)10-14/h2-10,16,20H,11H2,1H3. The molecule has 1 atom stereocenters. The first-order valence-corrected chi connectivity index (χ1v) is 7.44. The van der Waals surface area contributed by atoms with Crippen LogP contribution in [0.15, 0.2) is 54.7 Å². The maximum atomic E-state index is 11.8. The number of carbonyl (C=O) groups excluding carboxylic acids is 1. The van der Waals surface area contributed by atoms with Crippen LogP contribution in [0.2, 0.25) is 5.02 Å². The van der Waals surface area contributed by atoms with Gasteiger partial charge in [-0.2, -0.15) is 0 Å². The second-order valence-corrected chi connectivity index (χ2v) is 5.65. The predicted octanol–water partition coefficient (Wildman–Crippen LogP) is 4.52. The van der Waals surface area contributed by atoms with Crippen molar-refractivity contribution in [1.82, 2.24) is 4.98 Å². The number of hydrogen-bond acceptors (Lipinski definition) is 2. The van der Waals surface area contributed by atoms with Crippen LogP contribution in [0.3, 0.4) is 0 Å². The lowest BCUT2D eigenvalue weighted by atomic mass is 9.88. The first-order chi connectivity index (χ1) is 10.7. The summed E-state index contributed by atoms with van der Waals surface area (Å²) in [5.74, 6) is -0.288. The minimum atomic E-state index is -0.230. The Labute approximate surface area is 133 Å². The third-order valence-electron chi connectivity index (χ3n) is 3.85. The smallest absolute Gasteiger partial charge is 0.306 e. The van der Waals surface area contributed by atoms with E-state index in [9.17, 15) is 4.79 Å². The fraction of sp³-hybridized carbons (Fsp3) is 0.167. The molecule has 1 unspecified atom stereocenters. The maximum absolute atomic E-state index is 11.8. The molecule has 1 heterocycles. The van der Waals surface area contributed by atoms with Gasteiger partial charge in [0.05, 0.1) is 13.5 Å². The van der Waals surface area contributed by atoms with Gasteiger partial charge in [0.1, 0.15) is 0 Å². The van der Waals surface area contributed by atoms with Gasteiger partial charge in [-0.15, -0.1) is 0 Å². The van der Waals surface area contributed by atoms with Crippen molar-refractivity contribution in [2.75, 3.05) is 7.11 Å². The Morgan fingerprint density at radius 1 is 1.14 bits per heavy atom. The number of halogens is 1. The van der Waals surface area contributed by atoms with Crippen molar-refractivity contribution in [2.45, 2.75) is 12.3 Å². The summed E-state index contributed by atoms with van der Waals surface area (Å²) in [4.78, 5) is 15.0. The van der Waals surface area contributed by atoms with Gasteiger partial charge in [0.2, 0.25) is 0 Å². The molecule has 0 spiro atoms. The SMILES string of the molecule is COC(=O)CC(c1ccc(Cl)cc1)c1ccc2cc[nH]c2c1. The minimum Gasteiger partial charge on any atom is -0.469 e. The largest absolute Gasteiger partial charge is 0.469 e. The van der Waals surface area contributed by atoms with Gasteiger partial charge in [-0.3, -0.25) is 4.79 Å². The number of carbonyl (C=O) groups is 1. The molecule has 0 aliphatic rings. The maximum Gasteiger partial charge on any atom is 0.306 e. The van der Waals surface area contributed by atoms with Crippen LogP contribution in [-0.2, 0) is 9.53 Å². The molecule has 4 heteroatoms. The summed E-state index contributed by atoms with van der Waals surface area (Å²) in [5, 5.41) is 1.83. The quantitative estimate of drug-likeness (QED) is 0.720. The second kappa shape index (κ2) is 6.24. The van der Waals surface area contributed by atoms with Gasteiger partial charge in [0, 0.05) is 22.7 Å². The lowest BCUT2D eigenvalue weighted by Gasteiger charge is -2.17. The molecule has 1 N–H and O–H groups in total. The summed E-state index contributed by atoms with van der Waals surface area (Å²) in [5.41, 5.74) is 3.17. The zero-order valence-electron chi connectivity index (χ0n) is 12.2. The molecule has 2 aromatic carbocycles. The third-order valence-corrected chi connectivity index (χ3v) is 4.10. The van der Waals surface area contributed by atoms with Crippen molar-refractivity contribution >= 4 is 28.5 Å². The molecule has 0 aliphatic carbocycles. The zero-order chi connectivity index (χ0) is 15.5. The number of fused-ring (bicyclic) bond motifs is 1. The highest BCUT2D eigenvalue weighted by molar-refractivity contribution is 6.30. The van der Waals surface area contributed by atoms with Gasteiger partial charge in [-0.25, -0.2) is 0 Å². The van der Waals surface area contributed by atoms with E-state index in [1.165, 1.54) is 7.11 Å². The fourth-order valence-corrected chi connectivity index (χ4v) is 2.78. The van der Waals surface area contributed by atoms with Gasteiger partial charge >= 0.3 is 5.97 Å². The van der Waals surface area contributed by atoms with E-state index in [0.717, 1.165) is 22.0 Å². The molecule has 3 aromatic rings. The molecule has 0 amide bonds. The first kappa shape index (κ1) is 14.7. The number of aromatic nitrogens is 1. The molecule has 0 saturated heterocycles. The summed E-state index contributed by atoms with van der Waals surface area (Å²) < 4.78 is 4.85. The number of benzene rings is 2. The fourth-order valence-electron chi connectivity index (χ4n) is 2.66. The monoisotopic (exact) mass is 313 g/mol. The number of methoxy groups -OCH3 is 1. The van der Waals surface area contributed by atoms with E-state index in [1.54, 1.807) is 0 Å². The molecule has 0 saturated carbocycles. The lowest BCUT2D eigenvalue weighted by Crippen LogP contribution is -2.10. The third kappa shape index (κ3) is 3.00. The molecule has 0 bridgehead atoms. The lowest BCUT2D eigenvalue weighted by molar-refractivity contribution is -0.140. The van der Waals surface area contributed by atoms with Crippen LogP contribution >= 0.6 is 11.6 Å². The number of esters is 1. The molecular weight excluding hydrogens is 298 g/mol. The van der Waals surface area contributed by atoms with E-state index < -0.39 is 0 Å². The molecule has 112 valence electrons. The Bertz CT molecular complexity index is 792. The van der Waals surface area contributed by atoms with Crippen LogP contribution in [0.25, 0.3) is 10.9 Å². The normalized spacial score (nSPS) is 12.3. The highest BCUT2D eigenvalue weighted by Gasteiger charge is 2.19. The van der Waals surface area contributed by atoms with E-state index in [4.69, 9.17) is 16.3 Å². The van der Waals surface area contributed by atoms with Gasteiger partial charge < -0.3 is 9.72 Å². The number of H-pyrrole nitrogens is 1. The summed E-state index contributed by atoms with van der Waals surface area (Å²) in [6.45, 7) is 0. The van der Waals surface area contributed by atoms with Gasteiger partial charge in [0.15, 0.2) is 0 Å². The van der Waals surface area contributed by atoms with Crippen molar-refractivity contribution in [3.8, 4) is 0 Å². The van der Waals surface area contributed by atoms with Crippen LogP contribution in [0, 0.1) is 0 Å².